The van der Waals surface area contributed by atoms with Gasteiger partial charge in [-0.1, -0.05) is 22.0 Å². The molecule has 0 radical (unpaired) electrons. The van der Waals surface area contributed by atoms with Gasteiger partial charge >= 0.3 is 11.9 Å². The summed E-state index contributed by atoms with van der Waals surface area (Å²) in [7, 11) is 1.43. The van der Waals surface area contributed by atoms with Gasteiger partial charge in [0.2, 0.25) is 0 Å². The average Bonchev–Trinajstić information content (AvgIpc) is 3.07. The highest BCUT2D eigenvalue weighted by Gasteiger charge is 2.32. The Bertz CT molecular complexity index is 1180. The van der Waals surface area contributed by atoms with Crippen molar-refractivity contribution >= 4 is 62.5 Å². The van der Waals surface area contributed by atoms with Crippen LogP contribution in [0.25, 0.3) is 6.08 Å². The zero-order valence-corrected chi connectivity index (χ0v) is 20.0. The summed E-state index contributed by atoms with van der Waals surface area (Å²) in [6, 6.07) is 9.36. The van der Waals surface area contributed by atoms with Crippen molar-refractivity contribution < 1.29 is 34.1 Å². The van der Waals surface area contributed by atoms with E-state index in [4.69, 9.17) is 14.6 Å². The number of carboxylic acid groups (broad SMARTS) is 2. The third-order valence-corrected chi connectivity index (χ3v) is 6.14. The Morgan fingerprint density at radius 1 is 1.21 bits per heavy atom. The van der Waals surface area contributed by atoms with Crippen LogP contribution >= 0.6 is 27.7 Å². The zero-order chi connectivity index (χ0) is 24.1. The molecule has 0 atom stereocenters. The van der Waals surface area contributed by atoms with Crippen molar-refractivity contribution in [2.24, 2.45) is 4.99 Å². The number of amidine groups is 1. The van der Waals surface area contributed by atoms with Crippen LogP contribution in [0.2, 0.25) is 0 Å². The van der Waals surface area contributed by atoms with Crippen molar-refractivity contribution in [1.82, 2.24) is 4.90 Å². The van der Waals surface area contributed by atoms with Crippen molar-refractivity contribution in [1.29, 1.82) is 0 Å². The largest absolute Gasteiger partial charge is 0.493 e. The molecule has 172 valence electrons. The van der Waals surface area contributed by atoms with E-state index in [0.29, 0.717) is 38.1 Å². The number of ether oxygens (including phenoxy) is 2. The molecule has 1 amide bonds. The minimum absolute atomic E-state index is 0.103. The fraction of sp³-hybridized carbons (Fsp3) is 0.182. The van der Waals surface area contributed by atoms with Gasteiger partial charge < -0.3 is 19.7 Å². The number of nitrogens with zero attached hydrogens (tertiary/aromatic N) is 2. The molecule has 9 nitrogen and oxygen atoms in total. The van der Waals surface area contributed by atoms with E-state index in [2.05, 4.69) is 20.9 Å². The third-order valence-electron chi connectivity index (χ3n) is 4.44. The van der Waals surface area contributed by atoms with Crippen molar-refractivity contribution in [3.63, 3.8) is 0 Å². The van der Waals surface area contributed by atoms with Gasteiger partial charge in [0.25, 0.3) is 5.91 Å². The van der Waals surface area contributed by atoms with Gasteiger partial charge in [-0.2, -0.15) is 0 Å². The van der Waals surface area contributed by atoms with Crippen LogP contribution in [0.1, 0.15) is 22.8 Å². The molecule has 1 saturated heterocycles. The van der Waals surface area contributed by atoms with Crippen molar-refractivity contribution in [2.75, 3.05) is 20.3 Å². The summed E-state index contributed by atoms with van der Waals surface area (Å²) >= 11 is 4.59. The van der Waals surface area contributed by atoms with Gasteiger partial charge in [0.15, 0.2) is 23.3 Å². The first-order valence-electron chi connectivity index (χ1n) is 9.59. The number of rotatable bonds is 8. The zero-order valence-electron chi connectivity index (χ0n) is 17.6. The van der Waals surface area contributed by atoms with Gasteiger partial charge in [-0.15, -0.1) is 0 Å². The van der Waals surface area contributed by atoms with Gasteiger partial charge in [-0.25, -0.2) is 14.6 Å². The molecule has 0 saturated carbocycles. The maximum atomic E-state index is 13.0. The standard InChI is InChI=1S/C22H19BrN2O7S/c1-3-25-20(28)18(33-22(25)24-14-6-4-5-12(7-14)21(29)30)9-13-8-16(31-2)17(10-15(13)23)32-11-19(26)27/h4-10H,3,11H2,1-2H3,(H,26,27)(H,29,30). The summed E-state index contributed by atoms with van der Waals surface area (Å²) < 4.78 is 11.1. The number of likely N-dealkylation sites (N-methyl/N-ethyl adjacent to an activating group) is 1. The minimum Gasteiger partial charge on any atom is -0.493 e. The summed E-state index contributed by atoms with van der Waals surface area (Å²) in [5, 5.41) is 18.4. The highest BCUT2D eigenvalue weighted by atomic mass is 79.9. The van der Waals surface area contributed by atoms with Crippen molar-refractivity contribution in [2.45, 2.75) is 6.92 Å². The van der Waals surface area contributed by atoms with E-state index in [1.807, 2.05) is 6.92 Å². The first-order chi connectivity index (χ1) is 15.7. The molecule has 0 spiro atoms. The maximum absolute atomic E-state index is 13.0. The number of amides is 1. The summed E-state index contributed by atoms with van der Waals surface area (Å²) in [6.45, 7) is 1.68. The molecule has 0 unspecified atom stereocenters. The Morgan fingerprint density at radius 2 is 1.97 bits per heavy atom. The summed E-state index contributed by atoms with van der Waals surface area (Å²) in [6.07, 6.45) is 1.67. The van der Waals surface area contributed by atoms with E-state index in [-0.39, 0.29) is 17.2 Å². The Balaban J connectivity index is 1.94. The molecule has 0 aliphatic carbocycles. The van der Waals surface area contributed by atoms with Crippen molar-refractivity contribution in [3.05, 3.63) is 56.9 Å². The Morgan fingerprint density at radius 3 is 2.61 bits per heavy atom. The van der Waals surface area contributed by atoms with Gasteiger partial charge in [-0.05, 0) is 60.7 Å². The number of carbonyl (C=O) groups excluding carboxylic acids is 1. The molecule has 0 aromatic heterocycles. The van der Waals surface area contributed by atoms with Crippen LogP contribution in [0.4, 0.5) is 5.69 Å². The molecule has 1 aliphatic rings. The van der Waals surface area contributed by atoms with Crippen LogP contribution in [0, 0.1) is 0 Å². The lowest BCUT2D eigenvalue weighted by atomic mass is 10.2. The lowest BCUT2D eigenvalue weighted by Gasteiger charge is -2.12. The number of carbonyl (C=O) groups is 3. The molecule has 3 rings (SSSR count). The van der Waals surface area contributed by atoms with Crippen LogP contribution in [-0.2, 0) is 9.59 Å². The number of hydrogen-bond donors (Lipinski definition) is 2. The second kappa shape index (κ2) is 10.5. The van der Waals surface area contributed by atoms with E-state index in [9.17, 15) is 19.5 Å². The molecular weight excluding hydrogens is 516 g/mol. The maximum Gasteiger partial charge on any atom is 0.341 e. The molecule has 1 aliphatic heterocycles. The second-order valence-electron chi connectivity index (χ2n) is 6.62. The lowest BCUT2D eigenvalue weighted by molar-refractivity contribution is -0.139. The first-order valence-corrected chi connectivity index (χ1v) is 11.2. The number of benzene rings is 2. The Labute approximate surface area is 201 Å². The average molecular weight is 535 g/mol. The molecule has 2 aromatic carbocycles. The normalized spacial score (nSPS) is 15.8. The SMILES string of the molecule is CCN1C(=O)C(=Cc2cc(OC)c(OCC(=O)O)cc2Br)SC1=Nc1cccc(C(=O)O)c1. The number of aliphatic carboxylic acids is 1. The van der Waals surface area contributed by atoms with E-state index >= 15 is 0 Å². The van der Waals surface area contributed by atoms with Gasteiger partial charge in [0, 0.05) is 11.0 Å². The van der Waals surface area contributed by atoms with Crippen LogP contribution in [-0.4, -0.2) is 58.4 Å². The predicted molar refractivity (Wildman–Crippen MR) is 127 cm³/mol. The number of aliphatic imine (C=N–C) groups is 1. The number of hydrogen-bond acceptors (Lipinski definition) is 7. The molecule has 0 bridgehead atoms. The number of thioether (sulfide) groups is 1. The first kappa shape index (κ1) is 24.3. The van der Waals surface area contributed by atoms with Crippen molar-refractivity contribution in [3.8, 4) is 11.5 Å². The summed E-state index contributed by atoms with van der Waals surface area (Å²) in [4.78, 5) is 41.3. The van der Waals surface area contributed by atoms with E-state index in [0.717, 1.165) is 0 Å². The van der Waals surface area contributed by atoms with Crippen LogP contribution < -0.4 is 9.47 Å². The minimum atomic E-state index is -1.12. The van der Waals surface area contributed by atoms with Gasteiger partial charge in [0.1, 0.15) is 0 Å². The second-order valence-corrected chi connectivity index (χ2v) is 8.48. The fourth-order valence-electron chi connectivity index (χ4n) is 2.90. The van der Waals surface area contributed by atoms with Crippen LogP contribution in [0.3, 0.4) is 0 Å². The summed E-state index contributed by atoms with van der Waals surface area (Å²) in [5.41, 5.74) is 1.15. The molecule has 1 heterocycles. The van der Waals surface area contributed by atoms with Crippen LogP contribution in [0.5, 0.6) is 11.5 Å². The van der Waals surface area contributed by atoms with Gasteiger partial charge in [0.05, 0.1) is 23.3 Å². The number of halogens is 1. The fourth-order valence-corrected chi connectivity index (χ4v) is 4.39. The number of carboxylic acids is 2. The Kier molecular flexibility index (Phi) is 7.77. The molecule has 2 aromatic rings. The molecule has 2 N–H and O–H groups in total. The topological polar surface area (TPSA) is 126 Å². The quantitative estimate of drug-likeness (QED) is 0.481. The highest BCUT2D eigenvalue weighted by molar-refractivity contribution is 9.10. The van der Waals surface area contributed by atoms with E-state index < -0.39 is 18.5 Å². The molecule has 1 fully saturated rings. The highest BCUT2D eigenvalue weighted by Crippen LogP contribution is 2.38. The van der Waals surface area contributed by atoms with Crippen LogP contribution in [0.15, 0.2) is 50.8 Å². The number of methoxy groups -OCH3 is 1. The van der Waals surface area contributed by atoms with E-state index in [1.54, 1.807) is 30.3 Å². The van der Waals surface area contributed by atoms with Gasteiger partial charge in [-0.3, -0.25) is 9.69 Å². The molecule has 11 heteroatoms. The Hall–Kier alpha value is -3.31. The summed E-state index contributed by atoms with van der Waals surface area (Å²) in [5.74, 6) is -1.86. The monoisotopic (exact) mass is 534 g/mol. The molecular formula is C22H19BrN2O7S. The number of aromatic carboxylic acids is 1. The third kappa shape index (κ3) is 5.74. The smallest absolute Gasteiger partial charge is 0.341 e. The lowest BCUT2D eigenvalue weighted by Crippen LogP contribution is -2.28. The molecule has 33 heavy (non-hydrogen) atoms. The predicted octanol–water partition coefficient (Wildman–Crippen LogP) is 4.24. The van der Waals surface area contributed by atoms with E-state index in [1.165, 1.54) is 35.9 Å².